The predicted molar refractivity (Wildman–Crippen MR) is 198 cm³/mol. The van der Waals surface area contributed by atoms with Gasteiger partial charge in [0.25, 0.3) is 0 Å². The number of ether oxygens (including phenoxy) is 2. The molecule has 2 aliphatic rings. The lowest BCUT2D eigenvalue weighted by Gasteiger charge is -2.30. The summed E-state index contributed by atoms with van der Waals surface area (Å²) in [6, 6.07) is 14.2. The van der Waals surface area contributed by atoms with Crippen molar-refractivity contribution in [1.29, 1.82) is 0 Å². The number of hydrogen-bond acceptors (Lipinski definition) is 9. The summed E-state index contributed by atoms with van der Waals surface area (Å²) < 4.78 is 54.5. The number of nitrogens with zero attached hydrogens (tertiary/aromatic N) is 2. The Morgan fingerprint density at radius 2 is 1.83 bits per heavy atom. The summed E-state index contributed by atoms with van der Waals surface area (Å²) in [6.45, 7) is 3.06. The second-order valence-corrected chi connectivity index (χ2v) is 13.9. The summed E-state index contributed by atoms with van der Waals surface area (Å²) in [7, 11) is 2.98. The van der Waals surface area contributed by atoms with Crippen LogP contribution < -0.4 is 30.7 Å². The molecule has 0 radical (unpaired) electrons. The third-order valence-electron chi connectivity index (χ3n) is 9.66. The van der Waals surface area contributed by atoms with Gasteiger partial charge < -0.3 is 35.8 Å². The second-order valence-electron chi connectivity index (χ2n) is 13.5. The number of nitrogens with one attached hydrogen (secondary N) is 4. The third-order valence-corrected chi connectivity index (χ3v) is 10.0. The van der Waals surface area contributed by atoms with Crippen LogP contribution in [0.1, 0.15) is 66.5 Å². The molecule has 53 heavy (non-hydrogen) atoms. The molecule has 5 N–H and O–H groups in total. The molecule has 3 heterocycles. The quantitative estimate of drug-likeness (QED) is 0.0942. The van der Waals surface area contributed by atoms with Crippen LogP contribution in [-0.2, 0) is 30.5 Å². The number of aromatic nitrogens is 2. The highest BCUT2D eigenvalue weighted by molar-refractivity contribution is 6.35. The lowest BCUT2D eigenvalue weighted by Crippen LogP contribution is -2.35. The number of benzene rings is 2. The summed E-state index contributed by atoms with van der Waals surface area (Å²) in [5, 5.41) is 22.4. The van der Waals surface area contributed by atoms with Crippen LogP contribution in [0.25, 0.3) is 22.4 Å². The number of pyridine rings is 2. The van der Waals surface area contributed by atoms with E-state index in [9.17, 15) is 23.1 Å². The maximum Gasteiger partial charge on any atom is 0.419 e. The zero-order valence-electron chi connectivity index (χ0n) is 29.9. The summed E-state index contributed by atoms with van der Waals surface area (Å²) in [6.07, 6.45) is -0.218. The molecule has 1 fully saturated rings. The van der Waals surface area contributed by atoms with Crippen molar-refractivity contribution in [3.63, 3.8) is 0 Å². The first kappa shape index (κ1) is 38.3. The molecule has 0 bridgehead atoms. The number of fused-ring (bicyclic) bond motifs is 1. The van der Waals surface area contributed by atoms with Crippen LogP contribution in [0.5, 0.6) is 11.6 Å². The normalized spacial score (nSPS) is 17.6. The van der Waals surface area contributed by atoms with E-state index in [2.05, 4.69) is 31.2 Å². The van der Waals surface area contributed by atoms with E-state index in [4.69, 9.17) is 21.1 Å². The molecule has 0 spiro atoms. The highest BCUT2D eigenvalue weighted by Crippen LogP contribution is 2.44. The van der Waals surface area contributed by atoms with Gasteiger partial charge in [0.15, 0.2) is 0 Å². The first-order valence-corrected chi connectivity index (χ1v) is 18.1. The van der Waals surface area contributed by atoms with E-state index < -0.39 is 23.9 Å². The summed E-state index contributed by atoms with van der Waals surface area (Å²) in [5.74, 6) is 0.516. The fraction of sp³-hybridized carbons (Fsp3) is 0.410. The minimum Gasteiger partial charge on any atom is -0.496 e. The molecule has 1 aliphatic carbocycles. The minimum absolute atomic E-state index is 0.0468. The van der Waals surface area contributed by atoms with Crippen LogP contribution in [-0.4, -0.2) is 60.4 Å². The zero-order valence-corrected chi connectivity index (χ0v) is 30.6. The average molecular weight is 753 g/mol. The van der Waals surface area contributed by atoms with Crippen LogP contribution in [0.3, 0.4) is 0 Å². The molecule has 1 saturated heterocycles. The lowest BCUT2D eigenvalue weighted by atomic mass is 9.83. The Morgan fingerprint density at radius 3 is 2.55 bits per heavy atom. The molecule has 3 atom stereocenters. The highest BCUT2D eigenvalue weighted by atomic mass is 35.5. The molecule has 14 heteroatoms. The van der Waals surface area contributed by atoms with Gasteiger partial charge >= 0.3 is 6.18 Å². The Balaban J connectivity index is 1.27. The minimum atomic E-state index is -4.67. The first-order valence-electron chi connectivity index (χ1n) is 17.7. The molecule has 4 aromatic rings. The Hall–Kier alpha value is -4.43. The van der Waals surface area contributed by atoms with Crippen molar-refractivity contribution in [2.75, 3.05) is 32.6 Å². The van der Waals surface area contributed by atoms with Gasteiger partial charge in [0.05, 0.1) is 42.6 Å². The van der Waals surface area contributed by atoms with Crippen molar-refractivity contribution in [2.24, 2.45) is 0 Å². The van der Waals surface area contributed by atoms with Crippen molar-refractivity contribution >= 4 is 23.3 Å². The standard InChI is InChI=1S/C39H44ClF3N6O4/c1-22(50)18-44-20-25-16-31(39(41,42)43)37(49-38(25)53-3)48-32-9-5-7-27-28(6-4-8-29(27)32)30-14-15-46-36(35(30)40)23-10-11-24(33(17-23)52-2)19-45-21-26-12-13-34(51)47-26/h4,6,8,10-11,14-17,22,26,32,44-45,50H,5,7,9,12-13,18-21H2,1-3H3,(H,47,51)(H,48,49)/t22-,26+,32-/m1/s1. The number of alkyl halides is 3. The summed E-state index contributed by atoms with van der Waals surface area (Å²) in [5.41, 5.74) is 5.16. The molecule has 0 saturated carbocycles. The van der Waals surface area contributed by atoms with Gasteiger partial charge in [-0.05, 0) is 67.5 Å². The number of methoxy groups -OCH3 is 2. The third kappa shape index (κ3) is 8.86. The number of amides is 1. The summed E-state index contributed by atoms with van der Waals surface area (Å²) >= 11 is 7.13. The molecule has 2 aromatic carbocycles. The van der Waals surface area contributed by atoms with E-state index in [-0.39, 0.29) is 42.3 Å². The van der Waals surface area contributed by atoms with Crippen molar-refractivity contribution in [1.82, 2.24) is 25.9 Å². The fourth-order valence-corrected chi connectivity index (χ4v) is 7.42. The van der Waals surface area contributed by atoms with E-state index in [1.807, 2.05) is 42.5 Å². The van der Waals surface area contributed by atoms with Crippen molar-refractivity contribution in [3.8, 4) is 34.0 Å². The Labute approximate surface area is 311 Å². The molecule has 282 valence electrons. The molecular formula is C39H44ClF3N6O4. The fourth-order valence-electron chi connectivity index (χ4n) is 7.10. The second kappa shape index (κ2) is 16.7. The number of aliphatic hydroxyl groups excluding tert-OH is 1. The van der Waals surface area contributed by atoms with E-state index in [1.54, 1.807) is 20.2 Å². The van der Waals surface area contributed by atoms with E-state index in [1.165, 1.54) is 7.11 Å². The number of carbonyl (C=O) groups excluding carboxylic acids is 1. The Kier molecular flexibility index (Phi) is 12.1. The van der Waals surface area contributed by atoms with Crippen LogP contribution in [0, 0.1) is 0 Å². The Bertz CT molecular complexity index is 1940. The molecule has 6 rings (SSSR count). The van der Waals surface area contributed by atoms with Gasteiger partial charge in [-0.1, -0.05) is 41.9 Å². The Morgan fingerprint density at radius 1 is 1.02 bits per heavy atom. The zero-order chi connectivity index (χ0) is 37.7. The van der Waals surface area contributed by atoms with Gasteiger partial charge in [-0.25, -0.2) is 0 Å². The number of hydrogen-bond donors (Lipinski definition) is 5. The van der Waals surface area contributed by atoms with Crippen molar-refractivity contribution in [3.05, 3.63) is 87.6 Å². The van der Waals surface area contributed by atoms with E-state index in [0.29, 0.717) is 48.8 Å². The molecular weight excluding hydrogens is 709 g/mol. The monoisotopic (exact) mass is 752 g/mol. The van der Waals surface area contributed by atoms with Crippen LogP contribution in [0.4, 0.5) is 19.0 Å². The molecule has 1 aliphatic heterocycles. The SMILES string of the molecule is COc1cc(-c2nccc(-c3cccc4c3CCC[C@H]4Nc3nc(OC)c(CNC[C@@H](C)O)cc3C(F)(F)F)c2Cl)ccc1CNC[C@@H]1CCC(=O)N1. The topological polar surface area (TPSA) is 130 Å². The van der Waals surface area contributed by atoms with E-state index in [0.717, 1.165) is 52.3 Å². The smallest absolute Gasteiger partial charge is 0.419 e. The number of anilines is 1. The van der Waals surface area contributed by atoms with Gasteiger partial charge in [-0.15, -0.1) is 0 Å². The van der Waals surface area contributed by atoms with Crippen LogP contribution in [0.2, 0.25) is 5.02 Å². The predicted octanol–water partition coefficient (Wildman–Crippen LogP) is 6.83. The van der Waals surface area contributed by atoms with E-state index >= 15 is 0 Å². The average Bonchev–Trinajstić information content (AvgIpc) is 3.56. The van der Waals surface area contributed by atoms with Crippen LogP contribution >= 0.6 is 11.6 Å². The largest absolute Gasteiger partial charge is 0.496 e. The van der Waals surface area contributed by atoms with Gasteiger partial charge in [0.2, 0.25) is 11.8 Å². The summed E-state index contributed by atoms with van der Waals surface area (Å²) in [4.78, 5) is 20.5. The number of aliphatic hydroxyl groups is 1. The highest BCUT2D eigenvalue weighted by Gasteiger charge is 2.37. The molecule has 10 nitrogen and oxygen atoms in total. The maximum atomic E-state index is 14.4. The van der Waals surface area contributed by atoms with Crippen molar-refractivity contribution in [2.45, 2.75) is 76.5 Å². The number of carbonyl (C=O) groups is 1. The van der Waals surface area contributed by atoms with Crippen LogP contribution in [0.15, 0.2) is 54.7 Å². The van der Waals surface area contributed by atoms with Crippen molar-refractivity contribution < 1.29 is 32.5 Å². The van der Waals surface area contributed by atoms with Gasteiger partial charge in [0, 0.05) is 67.1 Å². The molecule has 1 amide bonds. The van der Waals surface area contributed by atoms with Gasteiger partial charge in [0.1, 0.15) is 11.6 Å². The number of rotatable bonds is 14. The van der Waals surface area contributed by atoms with Gasteiger partial charge in [-0.2, -0.15) is 18.2 Å². The maximum absolute atomic E-state index is 14.4. The van der Waals surface area contributed by atoms with Gasteiger partial charge in [-0.3, -0.25) is 9.78 Å². The first-order chi connectivity index (χ1) is 25.5. The lowest BCUT2D eigenvalue weighted by molar-refractivity contribution is -0.137. The molecule has 0 unspecified atom stereocenters. The number of halogens is 4. The molecule has 2 aromatic heterocycles.